The lowest BCUT2D eigenvalue weighted by Gasteiger charge is -2.18. The SMILES string of the molecule is CC[C@H](O)[C@@H]1C[C@@H](O)[C@H](n2c(=O)n(CC3CC3)c3c(Cl)nc(N)nc32)O1. The minimum atomic E-state index is -0.956. The van der Waals surface area contributed by atoms with Crippen LogP contribution in [0.1, 0.15) is 38.8 Å². The first kappa shape index (κ1) is 17.7. The number of aliphatic hydroxyl groups is 2. The van der Waals surface area contributed by atoms with Crippen molar-refractivity contribution < 1.29 is 14.9 Å². The molecular weight excluding hydrogens is 362 g/mol. The predicted molar refractivity (Wildman–Crippen MR) is 94.8 cm³/mol. The van der Waals surface area contributed by atoms with Gasteiger partial charge < -0.3 is 20.7 Å². The highest BCUT2D eigenvalue weighted by atomic mass is 35.5. The molecule has 4 rings (SSSR count). The Bertz CT molecular complexity index is 893. The third-order valence-corrected chi connectivity index (χ3v) is 5.40. The Morgan fingerprint density at radius 1 is 1.42 bits per heavy atom. The highest BCUT2D eigenvalue weighted by Crippen LogP contribution is 2.35. The van der Waals surface area contributed by atoms with Gasteiger partial charge in [0.2, 0.25) is 5.95 Å². The zero-order valence-corrected chi connectivity index (χ0v) is 15.1. The number of nitrogens with zero attached hydrogens (tertiary/aromatic N) is 4. The minimum Gasteiger partial charge on any atom is -0.390 e. The third kappa shape index (κ3) is 2.88. The Kier molecular flexibility index (Phi) is 4.42. The fourth-order valence-electron chi connectivity index (χ4n) is 3.53. The molecule has 2 aromatic rings. The summed E-state index contributed by atoms with van der Waals surface area (Å²) in [5.74, 6) is 0.363. The molecule has 0 amide bonds. The number of nitrogens with two attached hydrogens (primary N) is 1. The quantitative estimate of drug-likeness (QED) is 0.647. The van der Waals surface area contributed by atoms with Crippen molar-refractivity contribution in [3.63, 3.8) is 0 Å². The van der Waals surface area contributed by atoms with Crippen molar-refractivity contribution in [1.82, 2.24) is 19.1 Å². The maximum absolute atomic E-state index is 13.1. The number of fused-ring (bicyclic) bond motifs is 1. The van der Waals surface area contributed by atoms with Gasteiger partial charge in [-0.05, 0) is 25.2 Å². The van der Waals surface area contributed by atoms with Crippen LogP contribution in [0.15, 0.2) is 4.79 Å². The van der Waals surface area contributed by atoms with Crippen LogP contribution in [0, 0.1) is 5.92 Å². The van der Waals surface area contributed by atoms with Crippen LogP contribution in [0.4, 0.5) is 5.95 Å². The van der Waals surface area contributed by atoms with Gasteiger partial charge in [0.05, 0.1) is 12.2 Å². The molecular formula is C16H22ClN5O4. The summed E-state index contributed by atoms with van der Waals surface area (Å²) in [6, 6.07) is 0. The predicted octanol–water partition coefficient (Wildman–Crippen LogP) is 0.658. The maximum atomic E-state index is 13.1. The fraction of sp³-hybridized carbons (Fsp3) is 0.688. The van der Waals surface area contributed by atoms with Gasteiger partial charge in [0.15, 0.2) is 17.0 Å². The van der Waals surface area contributed by atoms with Gasteiger partial charge in [-0.2, -0.15) is 9.97 Å². The van der Waals surface area contributed by atoms with Gasteiger partial charge in [-0.25, -0.2) is 9.36 Å². The van der Waals surface area contributed by atoms with E-state index < -0.39 is 24.5 Å². The molecule has 9 nitrogen and oxygen atoms in total. The standard InChI is InChI=1S/C16H22ClN5O4/c1-2-8(23)10-5-9(24)14(26-10)22-13-11(12(17)19-15(18)20-13)21(16(22)25)6-7-3-4-7/h7-10,14,23-24H,2-6H2,1H3,(H2,18,19,20)/t8-,9+,10-,14+/m0/s1. The molecule has 4 atom stereocenters. The van der Waals surface area contributed by atoms with Crippen molar-refractivity contribution in [2.75, 3.05) is 5.73 Å². The first-order valence-electron chi connectivity index (χ1n) is 8.86. The Morgan fingerprint density at radius 2 is 2.15 bits per heavy atom. The van der Waals surface area contributed by atoms with Gasteiger partial charge in [-0.1, -0.05) is 18.5 Å². The number of aliphatic hydroxyl groups excluding tert-OH is 2. The summed E-state index contributed by atoms with van der Waals surface area (Å²) in [4.78, 5) is 21.2. The van der Waals surface area contributed by atoms with Crippen molar-refractivity contribution in [3.05, 3.63) is 15.6 Å². The number of hydrogen-bond donors (Lipinski definition) is 3. The first-order chi connectivity index (χ1) is 12.4. The van der Waals surface area contributed by atoms with Gasteiger partial charge in [0.25, 0.3) is 0 Å². The van der Waals surface area contributed by atoms with Gasteiger partial charge in [0.1, 0.15) is 11.6 Å². The topological polar surface area (TPSA) is 128 Å². The summed E-state index contributed by atoms with van der Waals surface area (Å²) >= 11 is 6.25. The van der Waals surface area contributed by atoms with E-state index in [1.165, 1.54) is 9.13 Å². The molecule has 4 N–H and O–H groups in total. The molecule has 3 heterocycles. The molecule has 0 radical (unpaired) electrons. The summed E-state index contributed by atoms with van der Waals surface area (Å²) in [7, 11) is 0. The Balaban J connectivity index is 1.84. The van der Waals surface area contributed by atoms with Crippen molar-refractivity contribution >= 4 is 28.7 Å². The zero-order valence-electron chi connectivity index (χ0n) is 14.4. The molecule has 2 fully saturated rings. The molecule has 10 heteroatoms. The van der Waals surface area contributed by atoms with E-state index in [4.69, 9.17) is 22.1 Å². The molecule has 1 saturated carbocycles. The lowest BCUT2D eigenvalue weighted by molar-refractivity contribution is -0.0760. The highest BCUT2D eigenvalue weighted by molar-refractivity contribution is 6.33. The Hall–Kier alpha value is -1.68. The molecule has 1 aliphatic carbocycles. The molecule has 2 aliphatic rings. The lowest BCUT2D eigenvalue weighted by atomic mass is 10.1. The Labute approximate surface area is 154 Å². The molecule has 0 bridgehead atoms. The number of imidazole rings is 1. The van der Waals surface area contributed by atoms with Gasteiger partial charge in [-0.15, -0.1) is 0 Å². The van der Waals surface area contributed by atoms with Crippen molar-refractivity contribution in [2.45, 2.75) is 63.7 Å². The van der Waals surface area contributed by atoms with Gasteiger partial charge >= 0.3 is 5.69 Å². The second-order valence-electron chi connectivity index (χ2n) is 7.10. The van der Waals surface area contributed by atoms with Crippen molar-refractivity contribution in [3.8, 4) is 0 Å². The lowest BCUT2D eigenvalue weighted by Crippen LogP contribution is -2.32. The van der Waals surface area contributed by atoms with E-state index in [-0.39, 0.29) is 28.9 Å². The minimum absolute atomic E-state index is 0.0579. The van der Waals surface area contributed by atoms with Crippen molar-refractivity contribution in [1.29, 1.82) is 0 Å². The van der Waals surface area contributed by atoms with Crippen molar-refractivity contribution in [2.24, 2.45) is 5.92 Å². The third-order valence-electron chi connectivity index (χ3n) is 5.13. The van der Waals surface area contributed by atoms with Crippen LogP contribution in [0.5, 0.6) is 0 Å². The molecule has 142 valence electrons. The van der Waals surface area contributed by atoms with Crippen LogP contribution in [0.2, 0.25) is 5.15 Å². The zero-order chi connectivity index (χ0) is 18.6. The number of ether oxygens (including phenoxy) is 1. The number of hydrogen-bond acceptors (Lipinski definition) is 7. The summed E-state index contributed by atoms with van der Waals surface area (Å²) in [6.07, 6.45) is -0.341. The molecule has 26 heavy (non-hydrogen) atoms. The molecule has 0 unspecified atom stereocenters. The van der Waals surface area contributed by atoms with E-state index >= 15 is 0 Å². The van der Waals surface area contributed by atoms with Crippen LogP contribution < -0.4 is 11.4 Å². The van der Waals surface area contributed by atoms with Gasteiger partial charge in [0, 0.05) is 13.0 Å². The highest BCUT2D eigenvalue weighted by Gasteiger charge is 2.41. The summed E-state index contributed by atoms with van der Waals surface area (Å²) in [5.41, 5.74) is 5.99. The second-order valence-corrected chi connectivity index (χ2v) is 7.45. The number of halogens is 1. The normalized spacial score (nSPS) is 27.3. The summed E-state index contributed by atoms with van der Waals surface area (Å²) in [5, 5.41) is 20.6. The monoisotopic (exact) mass is 383 g/mol. The fourth-order valence-corrected chi connectivity index (χ4v) is 3.80. The molecule has 2 aromatic heterocycles. The average molecular weight is 384 g/mol. The number of rotatable bonds is 5. The largest absolute Gasteiger partial charge is 0.390 e. The van der Waals surface area contributed by atoms with Gasteiger partial charge in [-0.3, -0.25) is 4.57 Å². The van der Waals surface area contributed by atoms with E-state index in [0.717, 1.165) is 12.8 Å². The van der Waals surface area contributed by atoms with E-state index in [9.17, 15) is 15.0 Å². The smallest absolute Gasteiger partial charge is 0.332 e. The number of aromatic nitrogens is 4. The molecule has 1 saturated heterocycles. The van der Waals surface area contributed by atoms with E-state index in [1.807, 2.05) is 6.92 Å². The molecule has 1 aliphatic heterocycles. The molecule has 0 spiro atoms. The maximum Gasteiger partial charge on any atom is 0.332 e. The van der Waals surface area contributed by atoms with Crippen LogP contribution in [-0.4, -0.2) is 47.6 Å². The second kappa shape index (κ2) is 6.49. The van der Waals surface area contributed by atoms with Crippen LogP contribution >= 0.6 is 11.6 Å². The Morgan fingerprint density at radius 3 is 2.81 bits per heavy atom. The number of anilines is 1. The number of nitrogen functional groups attached to an aromatic ring is 1. The first-order valence-corrected chi connectivity index (χ1v) is 9.23. The van der Waals surface area contributed by atoms with E-state index in [2.05, 4.69) is 9.97 Å². The van der Waals surface area contributed by atoms with Crippen LogP contribution in [0.3, 0.4) is 0 Å². The molecule has 0 aromatic carbocycles. The van der Waals surface area contributed by atoms with Crippen LogP contribution in [-0.2, 0) is 11.3 Å². The van der Waals surface area contributed by atoms with Crippen LogP contribution in [0.25, 0.3) is 11.2 Å². The average Bonchev–Trinajstić information content (AvgIpc) is 3.27. The van der Waals surface area contributed by atoms with E-state index in [0.29, 0.717) is 24.4 Å². The summed E-state index contributed by atoms with van der Waals surface area (Å²) < 4.78 is 8.64. The summed E-state index contributed by atoms with van der Waals surface area (Å²) in [6.45, 7) is 2.34. The van der Waals surface area contributed by atoms with E-state index in [1.54, 1.807) is 0 Å².